The van der Waals surface area contributed by atoms with Crippen LogP contribution in [0, 0.1) is 6.92 Å². The van der Waals surface area contributed by atoms with E-state index < -0.39 is 12.6 Å². The number of rotatable bonds is 4. The number of aryl methyl sites for hydroxylation is 1. The van der Waals surface area contributed by atoms with E-state index in [1.165, 1.54) is 23.2 Å². The molecule has 3 nitrogen and oxygen atoms in total. The third-order valence-corrected chi connectivity index (χ3v) is 5.25. The molecule has 0 aliphatic carbocycles. The predicted octanol–water partition coefficient (Wildman–Crippen LogP) is 7.31. The fraction of sp³-hybridized carbons (Fsp3) is 0.565. The van der Waals surface area contributed by atoms with Crippen molar-refractivity contribution in [2.45, 2.75) is 72.0 Å². The van der Waals surface area contributed by atoms with Crippen LogP contribution in [0.4, 0.5) is 24.5 Å². The molecule has 1 fully saturated rings. The molecule has 2 aliphatic heterocycles. The number of anilines is 2. The van der Waals surface area contributed by atoms with Gasteiger partial charge in [-0.2, -0.15) is 13.2 Å². The molecule has 3 N–H and O–H groups in total. The van der Waals surface area contributed by atoms with Crippen molar-refractivity contribution < 1.29 is 13.2 Å². The molecular formula is C23H35ClF3N3. The summed E-state index contributed by atoms with van der Waals surface area (Å²) in [5.41, 5.74) is 6.34. The molecule has 0 bridgehead atoms. The maximum atomic E-state index is 11.0. The molecule has 1 saturated heterocycles. The minimum Gasteiger partial charge on any atom is -0.381 e. The minimum absolute atomic E-state index is 0.584. The van der Waals surface area contributed by atoms with Gasteiger partial charge >= 0.3 is 6.18 Å². The lowest BCUT2D eigenvalue weighted by atomic mass is 9.89. The molecule has 0 aromatic heterocycles. The number of allylic oxidation sites excluding steroid dienone is 3. The number of hydrogen-bond acceptors (Lipinski definition) is 3. The smallest absolute Gasteiger partial charge is 0.381 e. The van der Waals surface area contributed by atoms with Gasteiger partial charge in [0.2, 0.25) is 0 Å². The summed E-state index contributed by atoms with van der Waals surface area (Å²) in [6.07, 6.45) is -2.02. The normalized spacial score (nSPS) is 20.2. The van der Waals surface area contributed by atoms with Gasteiger partial charge in [0.25, 0.3) is 0 Å². The molecule has 1 aromatic rings. The van der Waals surface area contributed by atoms with Gasteiger partial charge in [-0.05, 0) is 56.5 Å². The van der Waals surface area contributed by atoms with Crippen molar-refractivity contribution in [3.05, 3.63) is 46.6 Å². The van der Waals surface area contributed by atoms with E-state index in [9.17, 15) is 13.2 Å². The maximum absolute atomic E-state index is 11.0. The van der Waals surface area contributed by atoms with E-state index in [1.54, 1.807) is 0 Å². The van der Waals surface area contributed by atoms with Crippen LogP contribution in [0.5, 0.6) is 0 Å². The summed E-state index contributed by atoms with van der Waals surface area (Å²) < 4.78 is 33.0. The summed E-state index contributed by atoms with van der Waals surface area (Å²) in [7, 11) is 0. The van der Waals surface area contributed by atoms with Crippen molar-refractivity contribution in [1.29, 1.82) is 0 Å². The highest BCUT2D eigenvalue weighted by Crippen LogP contribution is 2.42. The molecule has 170 valence electrons. The summed E-state index contributed by atoms with van der Waals surface area (Å²) in [5.74, 6) is 0.584. The molecule has 1 aromatic carbocycles. The molecule has 0 amide bonds. The Morgan fingerprint density at radius 2 is 2.00 bits per heavy atom. The van der Waals surface area contributed by atoms with Crippen LogP contribution >= 0.6 is 11.6 Å². The summed E-state index contributed by atoms with van der Waals surface area (Å²) in [4.78, 5) is 0. The Kier molecular flexibility index (Phi) is 10.8. The van der Waals surface area contributed by atoms with Crippen molar-refractivity contribution in [2.75, 3.05) is 23.7 Å². The van der Waals surface area contributed by atoms with Gasteiger partial charge < -0.3 is 16.0 Å². The first-order chi connectivity index (χ1) is 14.2. The van der Waals surface area contributed by atoms with E-state index in [4.69, 9.17) is 11.6 Å². The zero-order valence-electron chi connectivity index (χ0n) is 18.6. The number of benzene rings is 1. The van der Waals surface area contributed by atoms with E-state index in [-0.39, 0.29) is 0 Å². The van der Waals surface area contributed by atoms with E-state index in [0.29, 0.717) is 12.0 Å². The fourth-order valence-corrected chi connectivity index (χ4v) is 3.86. The standard InChI is InChI=1S/C17H24ClN3.C4H5F3.C2H6/c1-4-15(11(3)18)20-12-7-10(2)17-13(8-12)14-9-19-6-5-16(14)21-17;1-2-3-4(5,6)7;1-2/h7-8,14,16,19-21H,4-6,9H2,1-3H3;2H,1,3H2;1-2H3/b15-11-;;/t14?,16-;;/m0../s1. The Bertz CT molecular complexity index is 725. The third-order valence-electron chi connectivity index (χ3n) is 5.02. The average Bonchev–Trinajstić information content (AvgIpc) is 3.06. The average molecular weight is 446 g/mol. The third kappa shape index (κ3) is 7.55. The second-order valence-corrected chi connectivity index (χ2v) is 7.77. The topological polar surface area (TPSA) is 36.1 Å². The Balaban J connectivity index is 0.000000428. The Labute approximate surface area is 184 Å². The van der Waals surface area contributed by atoms with Gasteiger partial charge in [0.15, 0.2) is 0 Å². The quantitative estimate of drug-likeness (QED) is 0.425. The molecule has 1 unspecified atom stereocenters. The van der Waals surface area contributed by atoms with Crippen molar-refractivity contribution in [2.24, 2.45) is 0 Å². The first kappa shape index (κ1) is 26.4. The lowest BCUT2D eigenvalue weighted by molar-refractivity contribution is -0.124. The van der Waals surface area contributed by atoms with E-state index in [1.807, 2.05) is 20.8 Å². The van der Waals surface area contributed by atoms with Crippen LogP contribution in [-0.4, -0.2) is 25.3 Å². The summed E-state index contributed by atoms with van der Waals surface area (Å²) in [5, 5.41) is 11.6. The van der Waals surface area contributed by atoms with Gasteiger partial charge in [-0.25, -0.2) is 0 Å². The van der Waals surface area contributed by atoms with Crippen LogP contribution < -0.4 is 16.0 Å². The Hall–Kier alpha value is -1.66. The monoisotopic (exact) mass is 445 g/mol. The SMILES string of the molecule is C=CCC(F)(F)F.CC.CC/C(Nc1cc(C)c2c(c1)C1CNCC[C@@H]1N2)=C(\C)Cl. The van der Waals surface area contributed by atoms with Gasteiger partial charge in [0.05, 0.1) is 6.42 Å². The van der Waals surface area contributed by atoms with E-state index in [2.05, 4.69) is 48.5 Å². The van der Waals surface area contributed by atoms with Gasteiger partial charge in [0, 0.05) is 40.6 Å². The molecule has 0 spiro atoms. The summed E-state index contributed by atoms with van der Waals surface area (Å²) in [6, 6.07) is 5.10. The largest absolute Gasteiger partial charge is 0.392 e. The van der Waals surface area contributed by atoms with Crippen molar-refractivity contribution in [3.63, 3.8) is 0 Å². The van der Waals surface area contributed by atoms with Crippen molar-refractivity contribution in [1.82, 2.24) is 5.32 Å². The Morgan fingerprint density at radius 3 is 2.50 bits per heavy atom. The number of nitrogens with one attached hydrogen (secondary N) is 3. The number of hydrogen-bond donors (Lipinski definition) is 3. The zero-order chi connectivity index (χ0) is 22.9. The molecule has 3 rings (SSSR count). The second kappa shape index (κ2) is 12.3. The number of halogens is 4. The van der Waals surface area contributed by atoms with Crippen LogP contribution in [0.1, 0.15) is 64.0 Å². The number of piperidine rings is 1. The maximum Gasteiger partial charge on any atom is 0.392 e. The van der Waals surface area contributed by atoms with Gasteiger partial charge in [-0.15, -0.1) is 6.58 Å². The van der Waals surface area contributed by atoms with Crippen LogP contribution in [0.2, 0.25) is 0 Å². The Morgan fingerprint density at radius 1 is 1.33 bits per heavy atom. The lowest BCUT2D eigenvalue weighted by Crippen LogP contribution is -2.38. The predicted molar refractivity (Wildman–Crippen MR) is 124 cm³/mol. The second-order valence-electron chi connectivity index (χ2n) is 7.21. The summed E-state index contributed by atoms with van der Waals surface area (Å²) in [6.45, 7) is 15.4. The van der Waals surface area contributed by atoms with Crippen LogP contribution in [0.15, 0.2) is 35.5 Å². The van der Waals surface area contributed by atoms with Crippen LogP contribution in [-0.2, 0) is 0 Å². The molecule has 2 heterocycles. The molecule has 2 atom stereocenters. The van der Waals surface area contributed by atoms with Gasteiger partial charge in [-0.1, -0.05) is 38.4 Å². The number of alkyl halides is 3. The first-order valence-electron chi connectivity index (χ1n) is 10.6. The highest BCUT2D eigenvalue weighted by molar-refractivity contribution is 6.29. The van der Waals surface area contributed by atoms with Crippen LogP contribution in [0.3, 0.4) is 0 Å². The molecule has 30 heavy (non-hydrogen) atoms. The number of fused-ring (bicyclic) bond motifs is 3. The highest BCUT2D eigenvalue weighted by Gasteiger charge is 2.34. The van der Waals surface area contributed by atoms with Gasteiger partial charge in [-0.3, -0.25) is 0 Å². The zero-order valence-corrected chi connectivity index (χ0v) is 19.4. The fourth-order valence-electron chi connectivity index (χ4n) is 3.68. The molecular weight excluding hydrogens is 411 g/mol. The van der Waals surface area contributed by atoms with E-state index >= 15 is 0 Å². The molecule has 7 heteroatoms. The first-order valence-corrected chi connectivity index (χ1v) is 11.0. The van der Waals surface area contributed by atoms with E-state index in [0.717, 1.165) is 42.0 Å². The molecule has 0 saturated carbocycles. The summed E-state index contributed by atoms with van der Waals surface area (Å²) >= 11 is 6.16. The minimum atomic E-state index is -4.07. The van der Waals surface area contributed by atoms with Crippen LogP contribution in [0.25, 0.3) is 0 Å². The van der Waals surface area contributed by atoms with Gasteiger partial charge in [0.1, 0.15) is 0 Å². The molecule has 0 radical (unpaired) electrons. The molecule has 2 aliphatic rings. The van der Waals surface area contributed by atoms with Crippen molar-refractivity contribution >= 4 is 23.0 Å². The lowest BCUT2D eigenvalue weighted by Gasteiger charge is -2.26. The highest BCUT2D eigenvalue weighted by atomic mass is 35.5. The van der Waals surface area contributed by atoms with Crippen molar-refractivity contribution in [3.8, 4) is 0 Å².